The van der Waals surface area contributed by atoms with Crippen LogP contribution in [0.3, 0.4) is 0 Å². The van der Waals surface area contributed by atoms with E-state index in [0.29, 0.717) is 17.2 Å². The standard InChI is InChI=1S/C19H24N2O2S/c1-23-18-5-3-2-4-17(18)19(22)20-12-15-6-9-21(10-7-15)13-16-8-11-24-14-16/h2-5,8,11,14-15H,6-7,9-10,12-13H2,1H3,(H,20,22). The first-order valence-electron chi connectivity index (χ1n) is 8.41. The van der Waals surface area contributed by atoms with E-state index in [0.717, 1.165) is 39.0 Å². The molecule has 1 aliphatic heterocycles. The number of amides is 1. The monoisotopic (exact) mass is 344 g/mol. The van der Waals surface area contributed by atoms with Gasteiger partial charge in [0.1, 0.15) is 5.75 Å². The maximum absolute atomic E-state index is 12.3. The van der Waals surface area contributed by atoms with E-state index in [1.807, 2.05) is 18.2 Å². The molecule has 0 radical (unpaired) electrons. The van der Waals surface area contributed by atoms with Crippen molar-refractivity contribution in [2.45, 2.75) is 19.4 Å². The van der Waals surface area contributed by atoms with Crippen molar-refractivity contribution in [1.82, 2.24) is 10.2 Å². The van der Waals surface area contributed by atoms with E-state index in [-0.39, 0.29) is 5.91 Å². The molecule has 1 amide bonds. The zero-order valence-corrected chi connectivity index (χ0v) is 14.8. The molecule has 1 N–H and O–H groups in total. The number of benzene rings is 1. The highest BCUT2D eigenvalue weighted by atomic mass is 32.1. The van der Waals surface area contributed by atoms with Crippen LogP contribution in [0.5, 0.6) is 5.75 Å². The smallest absolute Gasteiger partial charge is 0.255 e. The summed E-state index contributed by atoms with van der Waals surface area (Å²) in [4.78, 5) is 14.8. The minimum Gasteiger partial charge on any atom is -0.496 e. The third kappa shape index (κ3) is 4.36. The molecule has 24 heavy (non-hydrogen) atoms. The number of para-hydroxylation sites is 1. The molecular weight excluding hydrogens is 320 g/mol. The second-order valence-corrected chi connectivity index (χ2v) is 7.04. The summed E-state index contributed by atoms with van der Waals surface area (Å²) in [6.07, 6.45) is 2.27. The molecule has 2 aromatic rings. The number of nitrogens with zero attached hydrogens (tertiary/aromatic N) is 1. The first-order chi connectivity index (χ1) is 11.8. The summed E-state index contributed by atoms with van der Waals surface area (Å²) < 4.78 is 5.26. The maximum Gasteiger partial charge on any atom is 0.255 e. The average Bonchev–Trinajstić information content (AvgIpc) is 3.14. The molecule has 1 fully saturated rings. The Morgan fingerprint density at radius 1 is 1.29 bits per heavy atom. The van der Waals surface area contributed by atoms with Crippen molar-refractivity contribution in [3.05, 3.63) is 52.2 Å². The molecule has 1 aromatic carbocycles. The number of methoxy groups -OCH3 is 1. The van der Waals surface area contributed by atoms with Crippen molar-refractivity contribution in [2.24, 2.45) is 5.92 Å². The summed E-state index contributed by atoms with van der Waals surface area (Å²) in [5.74, 6) is 1.14. The summed E-state index contributed by atoms with van der Waals surface area (Å²) in [6.45, 7) is 3.99. The van der Waals surface area contributed by atoms with Gasteiger partial charge in [0.2, 0.25) is 0 Å². The van der Waals surface area contributed by atoms with E-state index in [1.54, 1.807) is 24.5 Å². The van der Waals surface area contributed by atoms with Crippen LogP contribution in [-0.4, -0.2) is 37.6 Å². The molecule has 2 heterocycles. The van der Waals surface area contributed by atoms with Crippen LogP contribution in [0.2, 0.25) is 0 Å². The Morgan fingerprint density at radius 2 is 2.08 bits per heavy atom. The van der Waals surface area contributed by atoms with Gasteiger partial charge in [0.25, 0.3) is 5.91 Å². The molecule has 3 rings (SSSR count). The van der Waals surface area contributed by atoms with E-state index in [4.69, 9.17) is 4.74 Å². The number of thiophene rings is 1. The van der Waals surface area contributed by atoms with Crippen LogP contribution in [-0.2, 0) is 6.54 Å². The molecule has 1 saturated heterocycles. The Balaban J connectivity index is 1.44. The normalized spacial score (nSPS) is 16.0. The van der Waals surface area contributed by atoms with Crippen LogP contribution in [0.25, 0.3) is 0 Å². The van der Waals surface area contributed by atoms with Crippen molar-refractivity contribution in [3.63, 3.8) is 0 Å². The minimum atomic E-state index is -0.0480. The van der Waals surface area contributed by atoms with Gasteiger partial charge in [0.15, 0.2) is 0 Å². The van der Waals surface area contributed by atoms with Gasteiger partial charge in [-0.3, -0.25) is 9.69 Å². The van der Waals surface area contributed by atoms with Crippen LogP contribution in [0.4, 0.5) is 0 Å². The second-order valence-electron chi connectivity index (χ2n) is 6.26. The molecule has 128 valence electrons. The highest BCUT2D eigenvalue weighted by Crippen LogP contribution is 2.20. The van der Waals surface area contributed by atoms with Crippen LogP contribution < -0.4 is 10.1 Å². The molecule has 1 aliphatic rings. The summed E-state index contributed by atoms with van der Waals surface area (Å²) in [6, 6.07) is 9.55. The Bertz CT molecular complexity index is 649. The zero-order valence-electron chi connectivity index (χ0n) is 14.0. The third-order valence-electron chi connectivity index (χ3n) is 4.60. The van der Waals surface area contributed by atoms with Gasteiger partial charge in [0, 0.05) is 13.1 Å². The SMILES string of the molecule is COc1ccccc1C(=O)NCC1CCN(Cc2ccsc2)CC1. The van der Waals surface area contributed by atoms with Gasteiger partial charge in [-0.15, -0.1) is 0 Å². The van der Waals surface area contributed by atoms with Crippen LogP contribution >= 0.6 is 11.3 Å². The first kappa shape index (κ1) is 17.0. The van der Waals surface area contributed by atoms with E-state index in [2.05, 4.69) is 27.0 Å². The highest BCUT2D eigenvalue weighted by molar-refractivity contribution is 7.07. The summed E-state index contributed by atoms with van der Waals surface area (Å²) in [5.41, 5.74) is 2.01. The number of nitrogens with one attached hydrogen (secondary N) is 1. The fraction of sp³-hybridized carbons (Fsp3) is 0.421. The molecule has 0 unspecified atom stereocenters. The lowest BCUT2D eigenvalue weighted by atomic mass is 9.96. The lowest BCUT2D eigenvalue weighted by Gasteiger charge is -2.31. The van der Waals surface area contributed by atoms with Gasteiger partial charge in [-0.25, -0.2) is 0 Å². The van der Waals surface area contributed by atoms with E-state index in [1.165, 1.54) is 5.56 Å². The quantitative estimate of drug-likeness (QED) is 0.873. The lowest BCUT2D eigenvalue weighted by molar-refractivity contribution is 0.0932. The number of ether oxygens (including phenoxy) is 1. The molecule has 0 spiro atoms. The molecule has 0 bridgehead atoms. The van der Waals surface area contributed by atoms with Crippen LogP contribution in [0.15, 0.2) is 41.1 Å². The second kappa shape index (κ2) is 8.31. The zero-order chi connectivity index (χ0) is 16.8. The average molecular weight is 344 g/mol. The molecule has 0 saturated carbocycles. The topological polar surface area (TPSA) is 41.6 Å². The van der Waals surface area contributed by atoms with Gasteiger partial charge in [-0.05, 0) is 66.4 Å². The van der Waals surface area contributed by atoms with Gasteiger partial charge in [-0.2, -0.15) is 11.3 Å². The van der Waals surface area contributed by atoms with Gasteiger partial charge < -0.3 is 10.1 Å². The van der Waals surface area contributed by atoms with Gasteiger partial charge >= 0.3 is 0 Å². The maximum atomic E-state index is 12.3. The Hall–Kier alpha value is -1.85. The number of carbonyl (C=O) groups excluding carboxylic acids is 1. The van der Waals surface area contributed by atoms with Crippen molar-refractivity contribution in [3.8, 4) is 5.75 Å². The first-order valence-corrected chi connectivity index (χ1v) is 9.35. The van der Waals surface area contributed by atoms with Crippen LogP contribution in [0.1, 0.15) is 28.8 Å². The van der Waals surface area contributed by atoms with E-state index in [9.17, 15) is 4.79 Å². The number of hydrogen-bond donors (Lipinski definition) is 1. The van der Waals surface area contributed by atoms with Crippen molar-refractivity contribution >= 4 is 17.2 Å². The summed E-state index contributed by atoms with van der Waals surface area (Å²) in [7, 11) is 1.59. The number of piperidine rings is 1. The van der Waals surface area contributed by atoms with Crippen LogP contribution in [0, 0.1) is 5.92 Å². The number of carbonyl (C=O) groups is 1. The Morgan fingerprint density at radius 3 is 2.79 bits per heavy atom. The van der Waals surface area contributed by atoms with Crippen molar-refractivity contribution < 1.29 is 9.53 Å². The fourth-order valence-corrected chi connectivity index (χ4v) is 3.81. The number of hydrogen-bond acceptors (Lipinski definition) is 4. The van der Waals surface area contributed by atoms with Crippen molar-refractivity contribution in [1.29, 1.82) is 0 Å². The molecule has 5 heteroatoms. The predicted octanol–water partition coefficient (Wildman–Crippen LogP) is 3.40. The Kier molecular flexibility index (Phi) is 5.88. The summed E-state index contributed by atoms with van der Waals surface area (Å²) >= 11 is 1.76. The molecule has 1 aromatic heterocycles. The van der Waals surface area contributed by atoms with E-state index >= 15 is 0 Å². The molecule has 4 nitrogen and oxygen atoms in total. The molecular formula is C19H24N2O2S. The summed E-state index contributed by atoms with van der Waals surface area (Å²) in [5, 5.41) is 7.42. The van der Waals surface area contributed by atoms with Gasteiger partial charge in [-0.1, -0.05) is 12.1 Å². The third-order valence-corrected chi connectivity index (χ3v) is 5.33. The predicted molar refractivity (Wildman–Crippen MR) is 97.6 cm³/mol. The number of likely N-dealkylation sites (tertiary alicyclic amines) is 1. The van der Waals surface area contributed by atoms with Crippen molar-refractivity contribution in [2.75, 3.05) is 26.7 Å². The van der Waals surface area contributed by atoms with Gasteiger partial charge in [0.05, 0.1) is 12.7 Å². The largest absolute Gasteiger partial charge is 0.496 e. The number of rotatable bonds is 6. The Labute approximate surface area is 147 Å². The lowest BCUT2D eigenvalue weighted by Crippen LogP contribution is -2.38. The molecule has 0 aliphatic carbocycles. The molecule has 0 atom stereocenters. The highest BCUT2D eigenvalue weighted by Gasteiger charge is 2.20. The van der Waals surface area contributed by atoms with E-state index < -0.39 is 0 Å². The fourth-order valence-electron chi connectivity index (χ4n) is 3.15. The minimum absolute atomic E-state index is 0.0480.